The number of para-hydroxylation sites is 1. The van der Waals surface area contributed by atoms with Crippen LogP contribution in [0.5, 0.6) is 0 Å². The summed E-state index contributed by atoms with van der Waals surface area (Å²) in [6, 6.07) is 10.9. The third-order valence-electron chi connectivity index (χ3n) is 3.30. The molecule has 2 amide bonds. The van der Waals surface area contributed by atoms with Crippen LogP contribution in [-0.2, 0) is 9.59 Å². The monoisotopic (exact) mass is 334 g/mol. The van der Waals surface area contributed by atoms with Crippen LogP contribution in [0.2, 0.25) is 5.02 Å². The van der Waals surface area contributed by atoms with Crippen molar-refractivity contribution in [3.05, 3.63) is 58.9 Å². The third kappa shape index (κ3) is 4.29. The standard InChI is InChI=1S/C17H16ClFN2O2/c1-11-7-8-13(18)9-15(11)20-17(23)10-21(12(2)22)16-6-4-3-5-14(16)19/h3-9H,10H2,1-2H3,(H,20,23). The molecule has 23 heavy (non-hydrogen) atoms. The van der Waals surface area contributed by atoms with E-state index >= 15 is 0 Å². The van der Waals surface area contributed by atoms with E-state index in [0.29, 0.717) is 10.7 Å². The van der Waals surface area contributed by atoms with Crippen molar-refractivity contribution in [3.63, 3.8) is 0 Å². The number of benzene rings is 2. The van der Waals surface area contributed by atoms with E-state index in [1.807, 2.05) is 6.92 Å². The summed E-state index contributed by atoms with van der Waals surface area (Å²) in [6.45, 7) is 2.82. The summed E-state index contributed by atoms with van der Waals surface area (Å²) in [6.07, 6.45) is 0. The molecule has 0 aliphatic rings. The van der Waals surface area contributed by atoms with E-state index in [2.05, 4.69) is 5.32 Å². The van der Waals surface area contributed by atoms with Gasteiger partial charge in [0.25, 0.3) is 0 Å². The Hall–Kier alpha value is -2.40. The molecule has 0 aliphatic heterocycles. The Kier molecular flexibility index (Phi) is 5.34. The average Bonchev–Trinajstić information content (AvgIpc) is 2.49. The molecule has 1 N–H and O–H groups in total. The summed E-state index contributed by atoms with van der Waals surface area (Å²) in [7, 11) is 0. The lowest BCUT2D eigenvalue weighted by molar-refractivity contribution is -0.120. The van der Waals surface area contributed by atoms with E-state index in [1.54, 1.807) is 24.3 Å². The SMILES string of the molecule is CC(=O)N(CC(=O)Nc1cc(Cl)ccc1C)c1ccccc1F. The average molecular weight is 335 g/mol. The zero-order chi connectivity index (χ0) is 17.0. The van der Waals surface area contributed by atoms with Crippen molar-refractivity contribution in [3.8, 4) is 0 Å². The van der Waals surface area contributed by atoms with E-state index in [-0.39, 0.29) is 12.2 Å². The van der Waals surface area contributed by atoms with Gasteiger partial charge in [0, 0.05) is 17.6 Å². The van der Waals surface area contributed by atoms with Gasteiger partial charge in [-0.2, -0.15) is 0 Å². The molecule has 0 fully saturated rings. The van der Waals surface area contributed by atoms with Crippen LogP contribution in [-0.4, -0.2) is 18.4 Å². The summed E-state index contributed by atoms with van der Waals surface area (Å²) in [5.74, 6) is -1.42. The molecule has 0 spiro atoms. The highest BCUT2D eigenvalue weighted by atomic mass is 35.5. The Bertz CT molecular complexity index is 749. The first kappa shape index (κ1) is 17.0. The first-order chi connectivity index (χ1) is 10.9. The van der Waals surface area contributed by atoms with Crippen LogP contribution in [0, 0.1) is 12.7 Å². The molecule has 2 aromatic carbocycles. The number of hydrogen-bond acceptors (Lipinski definition) is 2. The number of nitrogens with zero attached hydrogens (tertiary/aromatic N) is 1. The number of carbonyl (C=O) groups is 2. The fourth-order valence-electron chi connectivity index (χ4n) is 2.10. The lowest BCUT2D eigenvalue weighted by Crippen LogP contribution is -2.37. The molecule has 6 heteroatoms. The molecule has 0 aromatic heterocycles. The van der Waals surface area contributed by atoms with Crippen LogP contribution in [0.25, 0.3) is 0 Å². The maximum Gasteiger partial charge on any atom is 0.244 e. The molecule has 0 saturated heterocycles. The van der Waals surface area contributed by atoms with Crippen LogP contribution < -0.4 is 10.2 Å². The van der Waals surface area contributed by atoms with Gasteiger partial charge in [0.15, 0.2) is 0 Å². The summed E-state index contributed by atoms with van der Waals surface area (Å²) in [5.41, 5.74) is 1.46. The predicted octanol–water partition coefficient (Wildman–Crippen LogP) is 3.78. The van der Waals surface area contributed by atoms with Crippen molar-refractivity contribution < 1.29 is 14.0 Å². The fourth-order valence-corrected chi connectivity index (χ4v) is 2.27. The minimum Gasteiger partial charge on any atom is -0.324 e. The minimum atomic E-state index is -0.561. The van der Waals surface area contributed by atoms with Gasteiger partial charge in [-0.15, -0.1) is 0 Å². The lowest BCUT2D eigenvalue weighted by atomic mass is 10.2. The van der Waals surface area contributed by atoms with Crippen LogP contribution in [0.1, 0.15) is 12.5 Å². The van der Waals surface area contributed by atoms with Gasteiger partial charge in [-0.25, -0.2) is 4.39 Å². The maximum atomic E-state index is 13.9. The topological polar surface area (TPSA) is 49.4 Å². The quantitative estimate of drug-likeness (QED) is 0.925. The highest BCUT2D eigenvalue weighted by Crippen LogP contribution is 2.21. The number of anilines is 2. The van der Waals surface area contributed by atoms with Gasteiger partial charge in [0.2, 0.25) is 11.8 Å². The number of halogens is 2. The number of hydrogen-bond donors (Lipinski definition) is 1. The Morgan fingerprint density at radius 2 is 1.91 bits per heavy atom. The highest BCUT2D eigenvalue weighted by Gasteiger charge is 2.19. The van der Waals surface area contributed by atoms with Crippen molar-refractivity contribution in [1.29, 1.82) is 0 Å². The summed E-state index contributed by atoms with van der Waals surface area (Å²) in [5, 5.41) is 3.18. The van der Waals surface area contributed by atoms with Gasteiger partial charge in [-0.3, -0.25) is 9.59 Å². The van der Waals surface area contributed by atoms with Gasteiger partial charge in [0.05, 0.1) is 5.69 Å². The Morgan fingerprint density at radius 3 is 2.57 bits per heavy atom. The normalized spacial score (nSPS) is 10.3. The summed E-state index contributed by atoms with van der Waals surface area (Å²) >= 11 is 5.91. The largest absolute Gasteiger partial charge is 0.324 e. The maximum absolute atomic E-state index is 13.9. The van der Waals surface area contributed by atoms with E-state index in [0.717, 1.165) is 10.5 Å². The number of nitrogens with one attached hydrogen (secondary N) is 1. The fraction of sp³-hybridized carbons (Fsp3) is 0.176. The highest BCUT2D eigenvalue weighted by molar-refractivity contribution is 6.31. The predicted molar refractivity (Wildman–Crippen MR) is 89.2 cm³/mol. The van der Waals surface area contributed by atoms with Gasteiger partial charge in [-0.1, -0.05) is 29.8 Å². The smallest absolute Gasteiger partial charge is 0.244 e. The van der Waals surface area contributed by atoms with E-state index < -0.39 is 17.6 Å². The Balaban J connectivity index is 2.18. The zero-order valence-electron chi connectivity index (χ0n) is 12.8. The van der Waals surface area contributed by atoms with Crippen LogP contribution in [0.15, 0.2) is 42.5 Å². The molecule has 0 radical (unpaired) electrons. The number of aryl methyl sites for hydroxylation is 1. The number of amides is 2. The van der Waals surface area contributed by atoms with Gasteiger partial charge in [0.1, 0.15) is 12.4 Å². The molecule has 2 rings (SSSR count). The summed E-state index contributed by atoms with van der Waals surface area (Å²) in [4.78, 5) is 25.1. The number of carbonyl (C=O) groups excluding carboxylic acids is 2. The molecule has 0 bridgehead atoms. The zero-order valence-corrected chi connectivity index (χ0v) is 13.5. The van der Waals surface area contributed by atoms with E-state index in [4.69, 9.17) is 11.6 Å². The molecule has 0 saturated carbocycles. The third-order valence-corrected chi connectivity index (χ3v) is 3.53. The van der Waals surface area contributed by atoms with Crippen molar-refractivity contribution in [2.24, 2.45) is 0 Å². The van der Waals surface area contributed by atoms with Crippen LogP contribution in [0.3, 0.4) is 0 Å². The Labute approximate surface area is 138 Å². The first-order valence-electron chi connectivity index (χ1n) is 6.97. The molecule has 2 aromatic rings. The minimum absolute atomic E-state index is 0.0676. The summed E-state index contributed by atoms with van der Waals surface area (Å²) < 4.78 is 13.9. The first-order valence-corrected chi connectivity index (χ1v) is 7.35. The molecular formula is C17H16ClFN2O2. The van der Waals surface area contributed by atoms with Crippen LogP contribution >= 0.6 is 11.6 Å². The molecular weight excluding hydrogens is 319 g/mol. The van der Waals surface area contributed by atoms with Gasteiger partial charge in [-0.05, 0) is 36.8 Å². The second-order valence-electron chi connectivity index (χ2n) is 5.06. The second-order valence-corrected chi connectivity index (χ2v) is 5.50. The molecule has 0 atom stereocenters. The van der Waals surface area contributed by atoms with Crippen molar-refractivity contribution in [2.75, 3.05) is 16.8 Å². The van der Waals surface area contributed by atoms with E-state index in [1.165, 1.54) is 25.1 Å². The molecule has 0 unspecified atom stereocenters. The molecule has 120 valence electrons. The van der Waals surface area contributed by atoms with Gasteiger partial charge < -0.3 is 10.2 Å². The van der Waals surface area contributed by atoms with Crippen molar-refractivity contribution >= 4 is 34.8 Å². The van der Waals surface area contributed by atoms with Gasteiger partial charge >= 0.3 is 0 Å². The lowest BCUT2D eigenvalue weighted by Gasteiger charge is -2.21. The van der Waals surface area contributed by atoms with Crippen molar-refractivity contribution in [2.45, 2.75) is 13.8 Å². The second kappa shape index (κ2) is 7.24. The van der Waals surface area contributed by atoms with E-state index in [9.17, 15) is 14.0 Å². The Morgan fingerprint density at radius 1 is 1.22 bits per heavy atom. The van der Waals surface area contributed by atoms with Crippen LogP contribution in [0.4, 0.5) is 15.8 Å². The van der Waals surface area contributed by atoms with Crippen molar-refractivity contribution in [1.82, 2.24) is 0 Å². The number of rotatable bonds is 4. The molecule has 0 aliphatic carbocycles. The molecule has 0 heterocycles. The molecule has 4 nitrogen and oxygen atoms in total.